The topological polar surface area (TPSA) is 74.6 Å². The first-order valence-corrected chi connectivity index (χ1v) is 2.10. The van der Waals surface area contributed by atoms with E-state index in [0.29, 0.717) is 0 Å². The van der Waals surface area contributed by atoms with Crippen LogP contribution < -0.4 is 0 Å². The fourth-order valence-electron chi connectivity index (χ4n) is 0. The van der Waals surface area contributed by atoms with Gasteiger partial charge in [0.1, 0.15) is 0 Å². The molecule has 4 nitrogen and oxygen atoms in total. The van der Waals surface area contributed by atoms with E-state index in [4.69, 9.17) is 17.5 Å². The molecular formula is H52Ca25O4S. The van der Waals surface area contributed by atoms with Gasteiger partial charge in [-0.3, -0.25) is 9.11 Å². The van der Waals surface area contributed by atoms with E-state index in [2.05, 4.69) is 0 Å². The first kappa shape index (κ1) is 179. The van der Waals surface area contributed by atoms with Crippen molar-refractivity contribution < 1.29 is 88.9 Å². The van der Waals surface area contributed by atoms with Gasteiger partial charge < -0.3 is 71.3 Å². The van der Waals surface area contributed by atoms with Crippen LogP contribution in [0.25, 0.3) is 0 Å². The van der Waals surface area contributed by atoms with Crippen molar-refractivity contribution in [2.75, 3.05) is 0 Å². The summed E-state index contributed by atoms with van der Waals surface area (Å²) in [6, 6.07) is 0. The fourth-order valence-corrected chi connectivity index (χ4v) is 0. The maximum atomic E-state index is 8.74. The van der Waals surface area contributed by atoms with E-state index in [0.717, 1.165) is 0 Å². The van der Waals surface area contributed by atoms with Gasteiger partial charge in [-0.15, -0.1) is 0 Å². The summed E-state index contributed by atoms with van der Waals surface area (Å²) in [5.74, 6) is 0. The SMILES string of the molecule is O=S(=O)(O)O.[Ca+2].[Ca+2].[Ca+2].[Ca+2].[Ca+2].[Ca+2].[Ca+2].[Ca+2].[Ca+2].[Ca+2].[Ca+2].[Ca+2].[Ca+2].[Ca+2].[Ca+2].[Ca+2].[Ca+2].[Ca+2].[Ca+2].[Ca+2].[Ca+2].[Ca+2].[Ca+2].[Ca+2].[Ca+2].[H-].[H-].[H-].[H-].[H-].[H-].[H-].[H-].[H-].[H-].[H-].[H-].[H-].[H-].[H-].[H-].[H-].[H-].[H-].[H-].[H-].[H-].[H-].[H-].[H-].[H-].[H-].[H-].[H-].[H-].[H-].[H-].[H-].[H-].[H-].[H-].[H-].[H-].[H-].[H-].[H-].[H-].[H-].[H-].[H-].[H-].[H-].[H-].[H-].[H-]. The number of hydrogen-bond donors (Lipinski definition) is 2. The molecule has 0 radical (unpaired) electrons. The average molecular weight is 1150 g/mol. The van der Waals surface area contributed by atoms with Crippen LogP contribution in [0, 0.1) is 0 Å². The maximum absolute atomic E-state index is 8.74. The Hall–Kier alpha value is 31.4. The maximum Gasteiger partial charge on any atom is 2.00 e. The summed E-state index contributed by atoms with van der Waals surface area (Å²) < 4.78 is 31.6. The van der Waals surface area contributed by atoms with E-state index in [9.17, 15) is 0 Å². The largest absolute Gasteiger partial charge is 2.00 e. The fraction of sp³-hybridized carbons (Fsp3) is 0. The van der Waals surface area contributed by atoms with Crippen molar-refractivity contribution in [1.82, 2.24) is 0 Å². The first-order valence-electron chi connectivity index (χ1n) is 0.698. The van der Waals surface area contributed by atoms with Crippen molar-refractivity contribution in [2.24, 2.45) is 0 Å². The van der Waals surface area contributed by atoms with Gasteiger partial charge in [-0.2, -0.15) is 8.42 Å². The van der Waals surface area contributed by atoms with E-state index in [1.807, 2.05) is 0 Å². The third-order valence-corrected chi connectivity index (χ3v) is 0. The smallest absolute Gasteiger partial charge is 1.00 e. The van der Waals surface area contributed by atoms with Gasteiger partial charge in [0.25, 0.3) is 0 Å². The Morgan fingerprint density at radius 2 is 0.267 bits per heavy atom. The minimum absolute atomic E-state index is 0. The molecule has 0 fully saturated rings. The zero-order valence-electron chi connectivity index (χ0n) is 69.8. The molecule has 0 aliphatic carbocycles. The van der Waals surface area contributed by atoms with Gasteiger partial charge in [0.05, 0.1) is 0 Å². The molecule has 0 saturated carbocycles. The van der Waals surface area contributed by atoms with Crippen LogP contribution in [-0.2, 0) is 10.4 Å². The van der Waals surface area contributed by atoms with Crippen molar-refractivity contribution in [3.8, 4) is 0 Å². The van der Waals surface area contributed by atoms with Crippen LogP contribution in [0.4, 0.5) is 0 Å². The second-order valence-electron chi connectivity index (χ2n) is 0.448. The molecule has 132 valence electrons. The Morgan fingerprint density at radius 3 is 0.267 bits per heavy atom. The van der Waals surface area contributed by atoms with Crippen LogP contribution in [0.15, 0.2) is 0 Å². The normalized spacial score (nSPS) is 1.93. The molecule has 0 spiro atoms. The van der Waals surface area contributed by atoms with Gasteiger partial charge >= 0.3 is 954 Å². The van der Waals surface area contributed by atoms with Crippen LogP contribution in [0.3, 0.4) is 0 Å². The van der Waals surface area contributed by atoms with Gasteiger partial charge in [0.15, 0.2) is 0 Å². The summed E-state index contributed by atoms with van der Waals surface area (Å²) in [5, 5.41) is 0. The summed E-state index contributed by atoms with van der Waals surface area (Å²) in [4.78, 5) is 0. The van der Waals surface area contributed by atoms with Crippen molar-refractivity contribution >= 4 is 954 Å². The summed E-state index contributed by atoms with van der Waals surface area (Å²) in [6.45, 7) is 0. The standard InChI is InChI=1S/25Ca.H2O4S.50H/c;;;;;;;;;;;;;;;;;;;;;;;;;1-5(2,3)4;;;;;;;;;;;;;;;;;;;;;;;;;;;;;;;;;;;;;;;;;;;;;;;;;;/h;;;;;;;;;;;;;;;;;;;;;;;;;(H2,1,2,3,4);;;;;;;;;;;;;;;;;;;;;;;;;;;;;;;;;;;;;;;;;;;;;;;;;;/q25*+2;;50*-1. The van der Waals surface area contributed by atoms with E-state index in [1.54, 1.807) is 0 Å². The van der Waals surface area contributed by atoms with E-state index in [-0.39, 0.29) is 1010 Å². The van der Waals surface area contributed by atoms with Crippen LogP contribution in [-0.4, -0.2) is 961 Å². The predicted molar refractivity (Wildman–Crippen MR) is 214 cm³/mol. The second-order valence-corrected chi connectivity index (χ2v) is 1.34. The molecule has 0 aromatic carbocycles. The van der Waals surface area contributed by atoms with Gasteiger partial charge in [0.2, 0.25) is 0 Å². The zero-order chi connectivity index (χ0) is 4.50. The molecule has 0 heterocycles. The molecule has 0 atom stereocenters. The molecule has 0 amide bonds. The number of rotatable bonds is 0. The van der Waals surface area contributed by atoms with Crippen molar-refractivity contribution in [1.29, 1.82) is 0 Å². The van der Waals surface area contributed by atoms with E-state index >= 15 is 0 Å². The molecule has 30 heteroatoms. The van der Waals surface area contributed by atoms with Crippen molar-refractivity contribution in [2.45, 2.75) is 0 Å². The van der Waals surface area contributed by atoms with E-state index < -0.39 is 10.4 Å². The minimum Gasteiger partial charge on any atom is -1.00 e. The first-order chi connectivity index (χ1) is 2.00. The Balaban J connectivity index is -0.0000000000288. The van der Waals surface area contributed by atoms with Gasteiger partial charge in [-0.05, 0) is 0 Å². The molecular weight excluding hydrogens is 1100 g/mol. The molecule has 0 aromatic rings. The molecule has 0 saturated heterocycles. The summed E-state index contributed by atoms with van der Waals surface area (Å²) in [6.07, 6.45) is 0. The van der Waals surface area contributed by atoms with Crippen molar-refractivity contribution in [3.05, 3.63) is 0 Å². The van der Waals surface area contributed by atoms with Gasteiger partial charge in [-0.25, -0.2) is 0 Å². The monoisotopic (exact) mass is 1150 g/mol. The molecule has 0 bridgehead atoms. The van der Waals surface area contributed by atoms with Crippen LogP contribution in [0.1, 0.15) is 71.3 Å². The third kappa shape index (κ3) is 206. The molecule has 0 aromatic heterocycles. The summed E-state index contributed by atoms with van der Waals surface area (Å²) >= 11 is 0. The van der Waals surface area contributed by atoms with Crippen LogP contribution in [0.5, 0.6) is 0 Å². The van der Waals surface area contributed by atoms with Crippen LogP contribution >= 0.6 is 0 Å². The molecule has 0 unspecified atom stereocenters. The molecule has 0 aliphatic rings. The second kappa shape index (κ2) is 152. The Bertz CT molecular complexity index is 183. The quantitative estimate of drug-likeness (QED) is 0.190. The molecule has 0 rings (SSSR count). The Morgan fingerprint density at radius 1 is 0.267 bits per heavy atom. The Labute approximate surface area is 1010 Å². The van der Waals surface area contributed by atoms with Gasteiger partial charge in [-0.1, -0.05) is 0 Å². The van der Waals surface area contributed by atoms with Crippen molar-refractivity contribution in [3.63, 3.8) is 0 Å². The molecule has 30 heavy (non-hydrogen) atoms. The zero-order valence-corrected chi connectivity index (χ0v) is 75.8. The van der Waals surface area contributed by atoms with Gasteiger partial charge in [0, 0.05) is 0 Å². The van der Waals surface area contributed by atoms with E-state index in [1.165, 1.54) is 0 Å². The number of hydrogen-bond acceptors (Lipinski definition) is 2. The Kier molecular flexibility index (Phi) is 908. The minimum atomic E-state index is -4.67. The third-order valence-electron chi connectivity index (χ3n) is 0. The van der Waals surface area contributed by atoms with Crippen LogP contribution in [0.2, 0.25) is 0 Å². The summed E-state index contributed by atoms with van der Waals surface area (Å²) in [5.41, 5.74) is 0. The molecule has 0 aliphatic heterocycles. The average Bonchev–Trinajstić information content (AvgIpc) is 0.722. The summed E-state index contributed by atoms with van der Waals surface area (Å²) in [7, 11) is -4.67. The molecule has 2 N–H and O–H groups in total. The predicted octanol–water partition coefficient (Wildman–Crippen LogP) is -4.55.